The summed E-state index contributed by atoms with van der Waals surface area (Å²) in [5.74, 6) is -5.42. The number of aromatic carboxylic acids is 4. The maximum absolute atomic E-state index is 11.4. The Balaban J connectivity index is 2.95. The second-order valence-corrected chi connectivity index (χ2v) is 5.61. The highest BCUT2D eigenvalue weighted by Gasteiger charge is 2.22. The highest BCUT2D eigenvalue weighted by Crippen LogP contribution is 2.33. The lowest BCUT2D eigenvalue weighted by atomic mass is 9.88. The van der Waals surface area contributed by atoms with Crippen molar-refractivity contribution in [2.24, 2.45) is 0 Å². The van der Waals surface area contributed by atoms with Gasteiger partial charge in [-0.25, -0.2) is 19.2 Å². The molecule has 4 N–H and O–H groups in total. The van der Waals surface area contributed by atoms with Crippen molar-refractivity contribution in [3.05, 3.63) is 57.6 Å². The molecule has 0 unspecified atom stereocenters. The fourth-order valence-corrected chi connectivity index (χ4v) is 2.68. The van der Waals surface area contributed by atoms with E-state index in [0.29, 0.717) is 0 Å². The van der Waals surface area contributed by atoms with Gasteiger partial charge in [-0.1, -0.05) is 0 Å². The van der Waals surface area contributed by atoms with E-state index < -0.39 is 23.9 Å². The van der Waals surface area contributed by atoms with Gasteiger partial charge in [0.05, 0.1) is 22.3 Å². The third kappa shape index (κ3) is 3.25. The molecular weight excluding hydrogens is 344 g/mol. The van der Waals surface area contributed by atoms with Gasteiger partial charge >= 0.3 is 23.9 Å². The highest BCUT2D eigenvalue weighted by atomic mass is 16.4. The smallest absolute Gasteiger partial charge is 0.335 e. The maximum Gasteiger partial charge on any atom is 0.335 e. The summed E-state index contributed by atoms with van der Waals surface area (Å²) in [6.45, 7) is 2.88. The van der Waals surface area contributed by atoms with E-state index >= 15 is 0 Å². The van der Waals surface area contributed by atoms with Crippen LogP contribution >= 0.6 is 0 Å². The van der Waals surface area contributed by atoms with E-state index in [9.17, 15) is 39.6 Å². The van der Waals surface area contributed by atoms with Gasteiger partial charge in [0.2, 0.25) is 0 Å². The van der Waals surface area contributed by atoms with Crippen LogP contribution in [0.3, 0.4) is 0 Å². The van der Waals surface area contributed by atoms with Gasteiger partial charge in [-0.05, 0) is 60.4 Å². The Morgan fingerprint density at radius 1 is 0.577 bits per heavy atom. The van der Waals surface area contributed by atoms with E-state index in [1.165, 1.54) is 26.0 Å². The molecule has 0 atom stereocenters. The Morgan fingerprint density at radius 3 is 1.12 bits per heavy atom. The van der Waals surface area contributed by atoms with Crippen molar-refractivity contribution in [3.8, 4) is 11.1 Å². The normalized spacial score (nSPS) is 10.4. The van der Waals surface area contributed by atoms with Gasteiger partial charge < -0.3 is 20.4 Å². The largest absolute Gasteiger partial charge is 0.478 e. The second kappa shape index (κ2) is 6.67. The predicted octanol–water partition coefficient (Wildman–Crippen LogP) is 2.76. The SMILES string of the molecule is Cc1c(C(=O)O)cc(C(=O)O)cc1-c1cc(C(=O)O)cc(C(=O)O)c1C. The van der Waals surface area contributed by atoms with Crippen LogP contribution in [0.15, 0.2) is 24.3 Å². The first kappa shape index (κ1) is 18.7. The first-order valence-electron chi connectivity index (χ1n) is 7.27. The van der Waals surface area contributed by atoms with E-state index in [1.54, 1.807) is 0 Å². The minimum atomic E-state index is -1.36. The Kier molecular flexibility index (Phi) is 4.79. The lowest BCUT2D eigenvalue weighted by Gasteiger charge is -2.15. The number of carbonyl (C=O) groups is 4. The van der Waals surface area contributed by atoms with Crippen LogP contribution < -0.4 is 0 Å². The van der Waals surface area contributed by atoms with Crippen LogP contribution in [-0.4, -0.2) is 44.3 Å². The monoisotopic (exact) mass is 358 g/mol. The minimum Gasteiger partial charge on any atom is -0.478 e. The summed E-state index contributed by atoms with van der Waals surface area (Å²) < 4.78 is 0. The standard InChI is InChI=1S/C18H14O8/c1-7-11(3-9(15(19)20)5-13(7)17(23)24)12-4-10(16(21)22)6-14(8(12)2)18(25)26/h3-6H,1-2H3,(H,19,20)(H,21,22)(H,23,24)(H,25,26). The average Bonchev–Trinajstić information content (AvgIpc) is 2.54. The third-order valence-corrected chi connectivity index (χ3v) is 4.06. The van der Waals surface area contributed by atoms with Crippen LogP contribution in [0.4, 0.5) is 0 Å². The van der Waals surface area contributed by atoms with Gasteiger partial charge in [0, 0.05) is 0 Å². The van der Waals surface area contributed by atoms with Gasteiger partial charge in [0.15, 0.2) is 0 Å². The molecule has 0 bridgehead atoms. The summed E-state index contributed by atoms with van der Waals surface area (Å²) in [6, 6.07) is 4.39. The topological polar surface area (TPSA) is 149 Å². The van der Waals surface area contributed by atoms with Crippen LogP contribution in [-0.2, 0) is 0 Å². The molecule has 26 heavy (non-hydrogen) atoms. The van der Waals surface area contributed by atoms with E-state index in [0.717, 1.165) is 12.1 Å². The van der Waals surface area contributed by atoms with Crippen molar-refractivity contribution in [2.75, 3.05) is 0 Å². The molecule has 2 aromatic carbocycles. The summed E-state index contributed by atoms with van der Waals surface area (Å²) in [4.78, 5) is 45.5. The van der Waals surface area contributed by atoms with Crippen molar-refractivity contribution in [1.29, 1.82) is 0 Å². The number of carboxylic acids is 4. The number of carboxylic acid groups (broad SMARTS) is 4. The molecule has 0 saturated carbocycles. The molecule has 0 aliphatic carbocycles. The molecule has 0 spiro atoms. The van der Waals surface area contributed by atoms with Crippen LogP contribution in [0.2, 0.25) is 0 Å². The van der Waals surface area contributed by atoms with Crippen LogP contribution in [0.1, 0.15) is 52.6 Å². The minimum absolute atomic E-state index is 0.144. The van der Waals surface area contributed by atoms with Crippen molar-refractivity contribution in [3.63, 3.8) is 0 Å². The van der Waals surface area contributed by atoms with Gasteiger partial charge in [-0.2, -0.15) is 0 Å². The van der Waals surface area contributed by atoms with E-state index in [4.69, 9.17) is 0 Å². The Bertz CT molecular complexity index is 892. The fraction of sp³-hybridized carbons (Fsp3) is 0.111. The maximum atomic E-state index is 11.4. The Hall–Kier alpha value is -3.68. The van der Waals surface area contributed by atoms with Crippen LogP contribution in [0.5, 0.6) is 0 Å². The lowest BCUT2D eigenvalue weighted by molar-refractivity contribution is 0.0675. The summed E-state index contributed by atoms with van der Waals surface area (Å²) in [6.07, 6.45) is 0. The number of hydrogen-bond donors (Lipinski definition) is 4. The first-order valence-corrected chi connectivity index (χ1v) is 7.27. The van der Waals surface area contributed by atoms with Crippen LogP contribution in [0.25, 0.3) is 11.1 Å². The van der Waals surface area contributed by atoms with Crippen molar-refractivity contribution >= 4 is 23.9 Å². The molecule has 0 saturated heterocycles. The van der Waals surface area contributed by atoms with E-state index in [2.05, 4.69) is 0 Å². The summed E-state index contributed by atoms with van der Waals surface area (Å²) in [5, 5.41) is 37.1. The zero-order valence-electron chi connectivity index (χ0n) is 13.7. The molecular formula is C18H14O8. The first-order chi connectivity index (χ1) is 12.0. The van der Waals surface area contributed by atoms with Gasteiger partial charge in [0.1, 0.15) is 0 Å². The van der Waals surface area contributed by atoms with Gasteiger partial charge in [-0.3, -0.25) is 0 Å². The second-order valence-electron chi connectivity index (χ2n) is 5.61. The number of benzene rings is 2. The summed E-state index contributed by atoms with van der Waals surface area (Å²) in [7, 11) is 0. The molecule has 8 nitrogen and oxygen atoms in total. The third-order valence-electron chi connectivity index (χ3n) is 4.06. The zero-order chi connectivity index (χ0) is 19.8. The Morgan fingerprint density at radius 2 is 0.885 bits per heavy atom. The molecule has 8 heteroatoms. The molecule has 2 aromatic rings. The number of rotatable bonds is 5. The lowest BCUT2D eigenvalue weighted by Crippen LogP contribution is -2.09. The Labute approximate surface area is 147 Å². The van der Waals surface area contributed by atoms with Crippen molar-refractivity contribution < 1.29 is 39.6 Å². The molecule has 0 amide bonds. The van der Waals surface area contributed by atoms with Gasteiger partial charge in [-0.15, -0.1) is 0 Å². The van der Waals surface area contributed by atoms with Crippen LogP contribution in [0, 0.1) is 13.8 Å². The molecule has 0 aromatic heterocycles. The molecule has 0 aliphatic heterocycles. The van der Waals surface area contributed by atoms with E-state index in [1.807, 2.05) is 0 Å². The average molecular weight is 358 g/mol. The van der Waals surface area contributed by atoms with Gasteiger partial charge in [0.25, 0.3) is 0 Å². The summed E-state index contributed by atoms with van der Waals surface area (Å²) >= 11 is 0. The molecule has 0 heterocycles. The molecule has 134 valence electrons. The fourth-order valence-electron chi connectivity index (χ4n) is 2.68. The molecule has 0 radical (unpaired) electrons. The van der Waals surface area contributed by atoms with E-state index in [-0.39, 0.29) is 44.5 Å². The quantitative estimate of drug-likeness (QED) is 0.637. The van der Waals surface area contributed by atoms with Crippen molar-refractivity contribution in [2.45, 2.75) is 13.8 Å². The number of hydrogen-bond acceptors (Lipinski definition) is 4. The molecule has 2 rings (SSSR count). The zero-order valence-corrected chi connectivity index (χ0v) is 13.7. The highest BCUT2D eigenvalue weighted by molar-refractivity contribution is 6.01. The summed E-state index contributed by atoms with van der Waals surface area (Å²) in [5.41, 5.74) is -0.460. The predicted molar refractivity (Wildman–Crippen MR) is 89.2 cm³/mol. The van der Waals surface area contributed by atoms with Crippen molar-refractivity contribution in [1.82, 2.24) is 0 Å². The molecule has 0 aliphatic rings. The molecule has 0 fully saturated rings.